The van der Waals surface area contributed by atoms with Gasteiger partial charge in [-0.3, -0.25) is 4.98 Å². The van der Waals surface area contributed by atoms with Gasteiger partial charge in [0, 0.05) is 35.0 Å². The smallest absolute Gasteiger partial charge is 0.335 e. The van der Waals surface area contributed by atoms with Gasteiger partial charge in [-0.25, -0.2) is 4.79 Å². The first-order valence-electron chi connectivity index (χ1n) is 12.0. The highest BCUT2D eigenvalue weighted by Gasteiger charge is 2.42. The fourth-order valence-corrected chi connectivity index (χ4v) is 5.50. The average Bonchev–Trinajstić information content (AvgIpc) is 3.39. The van der Waals surface area contributed by atoms with Crippen LogP contribution in [0.3, 0.4) is 0 Å². The molecule has 1 aliphatic heterocycles. The zero-order chi connectivity index (χ0) is 26.3. The minimum atomic E-state index is -0.950. The van der Waals surface area contributed by atoms with Crippen LogP contribution in [0.5, 0.6) is 5.75 Å². The number of aromatic carboxylic acids is 1. The van der Waals surface area contributed by atoms with Crippen LogP contribution >= 0.6 is 12.2 Å². The van der Waals surface area contributed by atoms with Crippen LogP contribution in [0.1, 0.15) is 50.7 Å². The van der Waals surface area contributed by atoms with E-state index in [0.717, 1.165) is 45.3 Å². The van der Waals surface area contributed by atoms with Crippen molar-refractivity contribution in [1.29, 1.82) is 0 Å². The number of rotatable bonds is 6. The Morgan fingerprint density at radius 2 is 1.86 bits per heavy atom. The van der Waals surface area contributed by atoms with Gasteiger partial charge in [0.15, 0.2) is 5.11 Å². The summed E-state index contributed by atoms with van der Waals surface area (Å²) in [4.78, 5) is 18.5. The maximum absolute atomic E-state index is 11.7. The van der Waals surface area contributed by atoms with Gasteiger partial charge in [0.1, 0.15) is 5.75 Å². The third kappa shape index (κ3) is 4.34. The third-order valence-corrected chi connectivity index (χ3v) is 7.23. The largest absolute Gasteiger partial charge is 0.497 e. The standard InChI is InChI=1S/C29H28N4O3S/c1-17-11-12-20(28(34)35)15-25(17)32-18(2)14-23(19(32)3)27-26(24-10-5-6-13-30-24)31-29(37)33(27)21-8-7-9-22(16-21)36-4/h5-16,26-27H,1-4H3,(H,31,37)(H,34,35)/t26-,27-/m0/s1. The van der Waals surface area contributed by atoms with E-state index in [2.05, 4.69) is 32.8 Å². The minimum absolute atomic E-state index is 0.194. The van der Waals surface area contributed by atoms with Crippen LogP contribution in [-0.4, -0.2) is 32.8 Å². The highest BCUT2D eigenvalue weighted by atomic mass is 32.1. The van der Waals surface area contributed by atoms with Crippen LogP contribution in [-0.2, 0) is 0 Å². The topological polar surface area (TPSA) is 79.6 Å². The van der Waals surface area contributed by atoms with E-state index in [1.807, 2.05) is 62.4 Å². The number of methoxy groups -OCH3 is 1. The summed E-state index contributed by atoms with van der Waals surface area (Å²) in [6, 6.07) is 20.7. The highest BCUT2D eigenvalue weighted by molar-refractivity contribution is 7.80. The van der Waals surface area contributed by atoms with Crippen LogP contribution in [0, 0.1) is 20.8 Å². The molecular weight excluding hydrogens is 484 g/mol. The first-order valence-corrected chi connectivity index (χ1v) is 12.4. The molecule has 0 radical (unpaired) electrons. The molecule has 4 aromatic rings. The van der Waals surface area contributed by atoms with Crippen LogP contribution in [0.15, 0.2) is 72.9 Å². The minimum Gasteiger partial charge on any atom is -0.497 e. The number of carboxylic acids is 1. The Bertz CT molecular complexity index is 1500. The maximum Gasteiger partial charge on any atom is 0.335 e. The number of carboxylic acid groups (broad SMARTS) is 1. The van der Waals surface area contributed by atoms with Gasteiger partial charge in [-0.05, 0) is 86.6 Å². The van der Waals surface area contributed by atoms with Gasteiger partial charge in [-0.15, -0.1) is 0 Å². The Labute approximate surface area is 221 Å². The molecule has 8 heteroatoms. The molecule has 1 saturated heterocycles. The number of carbonyl (C=O) groups is 1. The number of benzene rings is 2. The number of aryl methyl sites for hydroxylation is 2. The summed E-state index contributed by atoms with van der Waals surface area (Å²) in [6.07, 6.45) is 1.79. The molecule has 0 bridgehead atoms. The lowest BCUT2D eigenvalue weighted by atomic mass is 9.96. The van der Waals surface area contributed by atoms with E-state index in [9.17, 15) is 9.90 Å². The number of nitrogens with one attached hydrogen (secondary N) is 1. The molecule has 0 amide bonds. The molecule has 7 nitrogen and oxygen atoms in total. The van der Waals surface area contributed by atoms with Crippen molar-refractivity contribution in [2.75, 3.05) is 12.0 Å². The highest BCUT2D eigenvalue weighted by Crippen LogP contribution is 2.44. The molecule has 3 heterocycles. The molecule has 0 saturated carbocycles. The first-order chi connectivity index (χ1) is 17.8. The second kappa shape index (κ2) is 9.71. The second-order valence-corrected chi connectivity index (χ2v) is 9.55. The summed E-state index contributed by atoms with van der Waals surface area (Å²) in [5.74, 6) is -0.208. The van der Waals surface area contributed by atoms with E-state index < -0.39 is 5.97 Å². The van der Waals surface area contributed by atoms with E-state index in [0.29, 0.717) is 5.11 Å². The van der Waals surface area contributed by atoms with Crippen molar-refractivity contribution in [3.63, 3.8) is 0 Å². The molecule has 1 fully saturated rings. The number of ether oxygens (including phenoxy) is 1. The molecule has 188 valence electrons. The zero-order valence-electron chi connectivity index (χ0n) is 21.1. The van der Waals surface area contributed by atoms with Gasteiger partial charge in [-0.2, -0.15) is 0 Å². The number of anilines is 1. The fraction of sp³-hybridized carbons (Fsp3) is 0.207. The summed E-state index contributed by atoms with van der Waals surface area (Å²) in [5, 5.41) is 13.7. The quantitative estimate of drug-likeness (QED) is 0.322. The average molecular weight is 513 g/mol. The first kappa shape index (κ1) is 24.5. The van der Waals surface area contributed by atoms with E-state index in [1.54, 1.807) is 25.4 Å². The predicted octanol–water partition coefficient (Wildman–Crippen LogP) is 5.68. The zero-order valence-corrected chi connectivity index (χ0v) is 21.9. The van der Waals surface area contributed by atoms with Crippen LogP contribution in [0.4, 0.5) is 5.69 Å². The van der Waals surface area contributed by atoms with Crippen molar-refractivity contribution >= 4 is 29.0 Å². The van der Waals surface area contributed by atoms with Gasteiger partial charge in [0.2, 0.25) is 0 Å². The number of hydrogen-bond donors (Lipinski definition) is 2. The van der Waals surface area contributed by atoms with Gasteiger partial charge in [0.25, 0.3) is 0 Å². The molecule has 2 aromatic heterocycles. The Balaban J connectivity index is 1.70. The molecule has 2 atom stereocenters. The number of nitrogens with zero attached hydrogens (tertiary/aromatic N) is 3. The summed E-state index contributed by atoms with van der Waals surface area (Å²) in [5.41, 5.74) is 6.96. The van der Waals surface area contributed by atoms with E-state index in [1.165, 1.54) is 0 Å². The molecule has 0 unspecified atom stereocenters. The van der Waals surface area contributed by atoms with Gasteiger partial charge >= 0.3 is 5.97 Å². The van der Waals surface area contributed by atoms with Gasteiger partial charge in [0.05, 0.1) is 30.5 Å². The summed E-state index contributed by atoms with van der Waals surface area (Å²) >= 11 is 5.87. The van der Waals surface area contributed by atoms with Crippen LogP contribution in [0.25, 0.3) is 5.69 Å². The molecule has 2 aromatic carbocycles. The Kier molecular flexibility index (Phi) is 6.43. The number of hydrogen-bond acceptors (Lipinski definition) is 4. The molecule has 0 spiro atoms. The molecule has 5 rings (SSSR count). The lowest BCUT2D eigenvalue weighted by molar-refractivity contribution is 0.0697. The molecule has 2 N–H and O–H groups in total. The fourth-order valence-electron chi connectivity index (χ4n) is 5.15. The van der Waals surface area contributed by atoms with Crippen molar-refractivity contribution < 1.29 is 14.6 Å². The van der Waals surface area contributed by atoms with Crippen LogP contribution < -0.4 is 15.0 Å². The summed E-state index contributed by atoms with van der Waals surface area (Å²) in [7, 11) is 1.65. The number of pyridine rings is 1. The monoisotopic (exact) mass is 512 g/mol. The SMILES string of the molecule is COc1cccc(N2C(=S)N[C@@H](c3ccccn3)[C@@H]2c2cc(C)n(-c3cc(C(=O)O)ccc3C)c2C)c1. The van der Waals surface area contributed by atoms with Crippen molar-refractivity contribution in [2.24, 2.45) is 0 Å². The second-order valence-electron chi connectivity index (χ2n) is 9.17. The van der Waals surface area contributed by atoms with E-state index >= 15 is 0 Å². The number of aromatic nitrogens is 2. The van der Waals surface area contributed by atoms with E-state index in [-0.39, 0.29) is 17.6 Å². The summed E-state index contributed by atoms with van der Waals surface area (Å²) < 4.78 is 7.62. The third-order valence-electron chi connectivity index (χ3n) is 6.92. The van der Waals surface area contributed by atoms with Crippen LogP contribution in [0.2, 0.25) is 0 Å². The van der Waals surface area contributed by atoms with Crippen molar-refractivity contribution in [3.05, 3.63) is 107 Å². The Morgan fingerprint density at radius 3 is 2.57 bits per heavy atom. The number of thiocarbonyl (C=S) groups is 1. The van der Waals surface area contributed by atoms with E-state index in [4.69, 9.17) is 17.0 Å². The Hall–Kier alpha value is -4.17. The van der Waals surface area contributed by atoms with Gasteiger partial charge < -0.3 is 24.6 Å². The molecular formula is C29H28N4O3S. The van der Waals surface area contributed by atoms with Crippen molar-refractivity contribution in [2.45, 2.75) is 32.9 Å². The van der Waals surface area contributed by atoms with Crippen molar-refractivity contribution in [1.82, 2.24) is 14.9 Å². The Morgan fingerprint density at radius 1 is 1.05 bits per heavy atom. The normalized spacial score (nSPS) is 17.1. The summed E-state index contributed by atoms with van der Waals surface area (Å²) in [6.45, 7) is 6.09. The van der Waals surface area contributed by atoms with Gasteiger partial charge in [-0.1, -0.05) is 18.2 Å². The maximum atomic E-state index is 11.7. The lowest BCUT2D eigenvalue weighted by Crippen LogP contribution is -2.29. The lowest BCUT2D eigenvalue weighted by Gasteiger charge is -2.28. The predicted molar refractivity (Wildman–Crippen MR) is 148 cm³/mol. The molecule has 37 heavy (non-hydrogen) atoms. The molecule has 0 aliphatic carbocycles. The van der Waals surface area contributed by atoms with Crippen molar-refractivity contribution in [3.8, 4) is 11.4 Å². The molecule has 1 aliphatic rings.